The molecule has 0 saturated carbocycles. The van der Waals surface area contributed by atoms with Crippen LogP contribution in [0, 0.1) is 47.0 Å². The normalized spacial score (nSPS) is 11.7. The van der Waals surface area contributed by atoms with Crippen LogP contribution in [0.2, 0.25) is 13.3 Å². The van der Waals surface area contributed by atoms with Gasteiger partial charge in [-0.15, -0.1) is 46.4 Å². The number of benzene rings is 12. The average Bonchev–Trinajstić information content (AvgIpc) is 1.56. The molecule has 12 aromatic carbocycles. The van der Waals surface area contributed by atoms with E-state index in [9.17, 15) is 39.5 Å². The first-order chi connectivity index (χ1) is 69.4. The van der Waals surface area contributed by atoms with Gasteiger partial charge in [-0.25, -0.2) is 0 Å². The van der Waals surface area contributed by atoms with E-state index in [0.717, 1.165) is 77.9 Å². The molecule has 0 unspecified atom stereocenters. The molecule has 0 atom stereocenters. The molecule has 0 aliphatic carbocycles. The number of terminal acetylenes is 1. The summed E-state index contributed by atoms with van der Waals surface area (Å²) in [5.41, 5.74) is 11.2. The minimum absolute atomic E-state index is 0.0793. The van der Waals surface area contributed by atoms with Crippen molar-refractivity contribution in [1.29, 1.82) is 0 Å². The predicted molar refractivity (Wildman–Crippen MR) is 610 cm³/mol. The number of rotatable bonds is 22. The number of nitrogens with zero attached hydrogens (tertiary/aromatic N) is 8. The molecule has 8 heterocycles. The maximum Gasteiger partial charge on any atom is -0.0134 e. The van der Waals surface area contributed by atoms with Gasteiger partial charge >= 0.3 is 224 Å². The minimum Gasteiger partial charge on any atom is -0.0622 e. The van der Waals surface area contributed by atoms with Crippen LogP contribution in [0.3, 0.4) is 0 Å². The Hall–Kier alpha value is -8.49. The van der Waals surface area contributed by atoms with Gasteiger partial charge in [0.25, 0.3) is 0 Å². The topological polar surface area (TPSA) is 101 Å². The fourth-order valence-corrected chi connectivity index (χ4v) is 47.8. The summed E-state index contributed by atoms with van der Waals surface area (Å²) in [4.78, 5) is 4.71. The van der Waals surface area contributed by atoms with Gasteiger partial charge in [0.1, 0.15) is 44.8 Å². The maximum absolute atomic E-state index is 13.5. The van der Waals surface area contributed by atoms with Crippen molar-refractivity contribution >= 4 is 256 Å². The number of fused-ring (bicyclic) bond motifs is 4. The first-order valence-electron chi connectivity index (χ1n) is 45.6. The van der Waals surface area contributed by atoms with Crippen LogP contribution in [0.5, 0.6) is 0 Å². The molecule has 2 aliphatic rings. The van der Waals surface area contributed by atoms with Crippen molar-refractivity contribution in [2.75, 3.05) is 0 Å². The second kappa shape index (κ2) is 54.1. The molecule has 0 bridgehead atoms. The van der Waals surface area contributed by atoms with E-state index in [4.69, 9.17) is 19.1 Å². The summed E-state index contributed by atoms with van der Waals surface area (Å²) in [7, 11) is 8.74. The number of aromatic nitrogens is 4. The molecule has 0 N–H and O–H groups in total. The van der Waals surface area contributed by atoms with Gasteiger partial charge < -0.3 is 0 Å². The minimum atomic E-state index is -5.00. The van der Waals surface area contributed by atoms with Gasteiger partial charge in [-0.2, -0.15) is 74.5 Å². The molecule has 0 radical (unpaired) electrons. The molecule has 0 saturated heterocycles. The van der Waals surface area contributed by atoms with Crippen LogP contribution in [0.15, 0.2) is 335 Å². The Morgan fingerprint density at radius 3 is 0.944 bits per heavy atom. The fraction of sp³-hybridized carbons (Fsp3) is 0.189. The van der Waals surface area contributed by atoms with E-state index in [-0.39, 0.29) is 32.4 Å². The largest absolute Gasteiger partial charge is 0.0622 e. The Labute approximate surface area is 906 Å². The van der Waals surface area contributed by atoms with E-state index < -0.39 is 69.4 Å². The second-order valence-corrected chi connectivity index (χ2v) is 62.3. The number of hydrogen-bond acceptors (Lipinski definition) is 14. The summed E-state index contributed by atoms with van der Waals surface area (Å²) in [6, 6.07) is 99.3. The van der Waals surface area contributed by atoms with Gasteiger partial charge in [0.05, 0.1) is 71.8 Å². The first-order valence-corrected chi connectivity index (χ1v) is 67.6. The van der Waals surface area contributed by atoms with Gasteiger partial charge in [-0.05, 0) is 196 Å². The van der Waals surface area contributed by atoms with Crippen LogP contribution in [0.25, 0.3) is 84.7 Å². The van der Waals surface area contributed by atoms with E-state index >= 15 is 0 Å². The summed E-state index contributed by atoms with van der Waals surface area (Å²) < 4.78 is 165. The van der Waals surface area contributed by atoms with Gasteiger partial charge in [-0.1, -0.05) is 223 Å². The van der Waals surface area contributed by atoms with Crippen molar-refractivity contribution in [3.63, 3.8) is 0 Å². The average molecular weight is 2490 g/mol. The van der Waals surface area contributed by atoms with Crippen molar-refractivity contribution in [2.45, 2.75) is 133 Å². The number of aryl methyl sites for hydroxylation is 5. The van der Waals surface area contributed by atoms with Gasteiger partial charge in [0.15, 0.2) is 0 Å². The summed E-state index contributed by atoms with van der Waals surface area (Å²) in [5.74, 6) is 2.25. The maximum atomic E-state index is 13.5. The molecular formula is C111H97Br2Cl2F9N8P2PdS8Sn. The molecular weight excluding hydrogens is 2390 g/mol. The van der Waals surface area contributed by atoms with E-state index in [1.54, 1.807) is 62.8 Å². The van der Waals surface area contributed by atoms with Crippen LogP contribution >= 0.6 is 136 Å². The first kappa shape index (κ1) is 113. The Kier molecular flexibility index (Phi) is 42.3. The third kappa shape index (κ3) is 29.8. The van der Waals surface area contributed by atoms with Crippen LogP contribution in [-0.4, -0.2) is 35.9 Å². The molecule has 8 nitrogen and oxygen atoms in total. The quantitative estimate of drug-likeness (QED) is 0.0292. The van der Waals surface area contributed by atoms with Crippen molar-refractivity contribution in [3.8, 4) is 75.0 Å². The van der Waals surface area contributed by atoms with E-state index in [1.165, 1.54) is 154 Å². The summed E-state index contributed by atoms with van der Waals surface area (Å²) in [5, 5.41) is 10.5. The molecule has 0 spiro atoms. The number of unbranched alkanes of at least 4 members (excludes halogenated alkanes) is 3. The Morgan fingerprint density at radius 2 is 0.625 bits per heavy atom. The molecule has 0 fully saturated rings. The third-order valence-corrected chi connectivity index (χ3v) is 53.9. The smallest absolute Gasteiger partial charge is 0.0134 e. The SMILES string of the molecule is Brc1c2c(c(Br)c3nsnc13)N=S=N2.C#CC.CCC[CH2][Sn]([CH2]CCC)([CH2]CCC)[c]1ccc(-c2cc(C)cc(C)c2)s1.Cc1cc(-c2ccc(-c3c4c(c(-c5ccc(-c6cc(C(F)(F)F)cc(C(F)(F)F)c6)s5)c5nsnc35)N=S=N4)s2)cc(C(F)(F)F)c1.Cc1cc(C)cc(-c2cccs2)c1.[Cl][Pd][Cl].c1ccc(P(c2ccccc2)c2ccccc2)cc1.c1ccc(P(c2ccccc2)c2ccccc2)cc1. The monoisotopic (exact) mass is 2480 g/mol. The Balaban J connectivity index is 0.000000153. The second-order valence-electron chi connectivity index (χ2n) is 33.4. The fourth-order valence-electron chi connectivity index (χ4n) is 16.4. The van der Waals surface area contributed by atoms with Crippen molar-refractivity contribution in [3.05, 3.63) is 362 Å². The molecule has 20 rings (SSSR count). The molecule has 744 valence electrons. The van der Waals surface area contributed by atoms with Crippen molar-refractivity contribution < 1.29 is 55.5 Å². The predicted octanol–water partition coefficient (Wildman–Crippen LogP) is 37.5. The van der Waals surface area contributed by atoms with Crippen LogP contribution in [0.1, 0.15) is 111 Å². The Morgan fingerprint density at radius 1 is 0.347 bits per heavy atom. The number of thiophene rings is 4. The Bertz CT molecular complexity index is 7050. The summed E-state index contributed by atoms with van der Waals surface area (Å²) in [6.45, 7) is 19.1. The van der Waals surface area contributed by atoms with Crippen LogP contribution in [0.4, 0.5) is 62.3 Å². The zero-order valence-electron chi connectivity index (χ0n) is 79.4. The summed E-state index contributed by atoms with van der Waals surface area (Å²) in [6.07, 6.45) is -1.52. The summed E-state index contributed by atoms with van der Waals surface area (Å²) >= 11 is 14.9. The third-order valence-electron chi connectivity index (χ3n) is 22.8. The van der Waals surface area contributed by atoms with Crippen LogP contribution in [-0.2, 0) is 57.2 Å². The molecule has 144 heavy (non-hydrogen) atoms. The zero-order chi connectivity index (χ0) is 103. The zero-order valence-corrected chi connectivity index (χ0v) is 96.8. The van der Waals surface area contributed by atoms with Crippen LogP contribution < -0.4 is 34.7 Å². The van der Waals surface area contributed by atoms with E-state index in [2.05, 4.69) is 387 Å². The molecule has 18 aromatic rings. The number of halogens is 13. The van der Waals surface area contributed by atoms with Gasteiger partial charge in [0, 0.05) is 35.5 Å². The van der Waals surface area contributed by atoms with E-state index in [1.807, 2.05) is 2.89 Å². The molecule has 6 aromatic heterocycles. The van der Waals surface area contributed by atoms with Crippen molar-refractivity contribution in [1.82, 2.24) is 17.5 Å². The molecule has 33 heteroatoms. The van der Waals surface area contributed by atoms with Gasteiger partial charge in [0.2, 0.25) is 0 Å². The standard InChI is InChI=1S/C30H13F9N4S4.2C18H15P.C12H12S.C12H11S.C6Br2N4S2.3C4H9.C3H4.2ClH.Pd.Sn/c1-12-6-13(8-15(7-12)28(31,32)33)18-2-4-20(44-18)22-24-26(42-46-40-24)23(27-25(22)41-47-43-27)21-5-3-19(45-21)14-9-16(29(34,35)36)11-17(10-14)30(37,38)39;2*1-4-10-16(11-5-1)19(17-12-6-2-7-13-17)18-14-8-3-9-15-18;2*1-9-6-10(2)8-11(7-9)12-4-3-5-13-12;7-1-3-5(11-13-9-3)2(8)6-4(1)10-14-12-6;3*1-3-4-2;1-3-2;;;;/h2-11H,1H3;2*1-15H;3-8H,1-2H3;3-4,6-8H,1-2H3;;3*1,3-4H2,2H3;1H,2H3;2*1H;;/q;;;;;;;;;;;;+2;/p-2. The number of alkyl halides is 9. The van der Waals surface area contributed by atoms with E-state index in [0.29, 0.717) is 71.4 Å². The molecule has 0 amide bonds. The van der Waals surface area contributed by atoms with Crippen molar-refractivity contribution in [2.24, 2.45) is 17.5 Å². The number of hydrogen-bond donors (Lipinski definition) is 0. The van der Waals surface area contributed by atoms with Gasteiger partial charge in [-0.3, -0.25) is 0 Å². The molecule has 2 aliphatic heterocycles.